The molecule has 5 aromatic rings. The molecule has 12 heteroatoms. The molecule has 0 spiro atoms. The number of aryl methyl sites for hydroxylation is 1. The van der Waals surface area contributed by atoms with E-state index in [9.17, 15) is 22.8 Å². The van der Waals surface area contributed by atoms with E-state index in [4.69, 9.17) is 14.9 Å². The van der Waals surface area contributed by atoms with E-state index in [1.165, 1.54) is 28.8 Å². The molecule has 0 fully saturated rings. The Labute approximate surface area is 236 Å². The zero-order valence-corrected chi connectivity index (χ0v) is 22.3. The number of unbranched alkanes of at least 4 members (excludes halogenated alkanes) is 1. The zero-order valence-electron chi connectivity index (χ0n) is 22.3. The lowest BCUT2D eigenvalue weighted by molar-refractivity contribution is -0.137. The van der Waals surface area contributed by atoms with Crippen LogP contribution in [0.5, 0.6) is 0 Å². The Bertz CT molecular complexity index is 1910. The second-order valence-corrected chi connectivity index (χ2v) is 10.4. The van der Waals surface area contributed by atoms with Crippen LogP contribution in [-0.4, -0.2) is 36.3 Å². The second-order valence-electron chi connectivity index (χ2n) is 10.4. The number of hydrogen-bond donors (Lipinski definition) is 2. The third kappa shape index (κ3) is 5.00. The lowest BCUT2D eigenvalue weighted by Gasteiger charge is -2.18. The fraction of sp³-hybridized carbons (Fsp3) is 0.233. The molecule has 3 aromatic carbocycles. The predicted octanol–water partition coefficient (Wildman–Crippen LogP) is 5.52. The average Bonchev–Trinajstić information content (AvgIpc) is 3.56. The van der Waals surface area contributed by atoms with Gasteiger partial charge in [-0.05, 0) is 56.2 Å². The maximum absolute atomic E-state index is 13.7. The van der Waals surface area contributed by atoms with Crippen molar-refractivity contribution in [3.63, 3.8) is 0 Å². The average molecular weight is 576 g/mol. The molecular weight excluding hydrogens is 551 g/mol. The summed E-state index contributed by atoms with van der Waals surface area (Å²) in [6, 6.07) is 12.6. The highest BCUT2D eigenvalue weighted by molar-refractivity contribution is 6.04. The van der Waals surface area contributed by atoms with Gasteiger partial charge in [-0.15, -0.1) is 0 Å². The molecule has 1 unspecified atom stereocenters. The van der Waals surface area contributed by atoms with E-state index in [2.05, 4.69) is 15.1 Å². The van der Waals surface area contributed by atoms with Crippen LogP contribution in [0.15, 0.2) is 64.5 Å². The predicted molar refractivity (Wildman–Crippen MR) is 148 cm³/mol. The Morgan fingerprint density at radius 3 is 2.55 bits per heavy atom. The summed E-state index contributed by atoms with van der Waals surface area (Å²) in [5, 5.41) is 13.6. The number of oxime groups is 1. The minimum absolute atomic E-state index is 0.00773. The summed E-state index contributed by atoms with van der Waals surface area (Å²) in [6.07, 6.45) is 1.48. The summed E-state index contributed by atoms with van der Waals surface area (Å²) >= 11 is 0. The van der Waals surface area contributed by atoms with Gasteiger partial charge in [0.1, 0.15) is 11.6 Å². The third-order valence-corrected chi connectivity index (χ3v) is 7.28. The smallest absolute Gasteiger partial charge is 0.303 e. The number of H-pyrrole nitrogens is 1. The summed E-state index contributed by atoms with van der Waals surface area (Å²) in [4.78, 5) is 42.5. The Kier molecular flexibility index (Phi) is 6.76. The minimum atomic E-state index is -1.04. The van der Waals surface area contributed by atoms with Gasteiger partial charge in [0.2, 0.25) is 0 Å². The first-order chi connectivity index (χ1) is 20.1. The van der Waals surface area contributed by atoms with E-state index in [1.54, 1.807) is 25.1 Å². The van der Waals surface area contributed by atoms with Crippen LogP contribution in [-0.2, 0) is 21.7 Å². The number of hydrogen-bond acceptors (Lipinski definition) is 6. The summed E-state index contributed by atoms with van der Waals surface area (Å²) in [5.74, 6) is -2.57. The van der Waals surface area contributed by atoms with Crippen LogP contribution < -0.4 is 5.56 Å². The van der Waals surface area contributed by atoms with Crippen molar-refractivity contribution in [2.45, 2.75) is 44.6 Å². The number of imidazole rings is 1. The molecule has 0 amide bonds. The molecule has 0 saturated heterocycles. The third-order valence-electron chi connectivity index (χ3n) is 7.28. The van der Waals surface area contributed by atoms with Crippen LogP contribution in [0.1, 0.15) is 49.8 Å². The molecule has 42 heavy (non-hydrogen) atoms. The fourth-order valence-electron chi connectivity index (χ4n) is 5.07. The molecule has 0 aliphatic carbocycles. The maximum atomic E-state index is 13.7. The standard InChI is InChI=1S/C30H24F3N5O4/c1-30(29-35-23-13-20(32)21(33)14-24(23)36-29)15-25(37-42-30)16-6-11-19-22(12-16)34-26(4-2-3-5-27(39)40)38(28(19)41)18-9-7-17(31)8-10-18/h6-14H,2-5,15H2,1H3,(H,35,36)(H,39,40). The fourth-order valence-corrected chi connectivity index (χ4v) is 5.07. The van der Waals surface area contributed by atoms with Crippen LogP contribution in [0, 0.1) is 17.5 Å². The number of halogens is 3. The number of nitrogens with zero attached hydrogens (tertiary/aromatic N) is 4. The molecular formula is C30H24F3N5O4. The number of rotatable bonds is 8. The molecule has 9 nitrogen and oxygen atoms in total. The van der Waals surface area contributed by atoms with Gasteiger partial charge in [0.15, 0.2) is 23.1 Å². The van der Waals surface area contributed by atoms with Gasteiger partial charge >= 0.3 is 5.97 Å². The molecule has 1 aliphatic heterocycles. The SMILES string of the molecule is CC1(c2nc3cc(F)c(F)cc3[nH]2)CC(c2ccc3c(=O)n(-c4ccc(F)cc4)c(CCCCC(=O)O)nc3c2)=NO1. The molecule has 3 heterocycles. The van der Waals surface area contributed by atoms with Gasteiger partial charge in [-0.25, -0.2) is 23.1 Å². The van der Waals surface area contributed by atoms with Crippen molar-refractivity contribution in [2.24, 2.45) is 5.16 Å². The number of carbonyl (C=O) groups is 1. The van der Waals surface area contributed by atoms with Crippen LogP contribution in [0.3, 0.4) is 0 Å². The summed E-state index contributed by atoms with van der Waals surface area (Å²) < 4.78 is 42.4. The monoisotopic (exact) mass is 575 g/mol. The first-order valence-electron chi connectivity index (χ1n) is 13.3. The quantitative estimate of drug-likeness (QED) is 0.235. The molecule has 6 rings (SSSR count). The Balaban J connectivity index is 1.34. The Hall–Kier alpha value is -5.00. The van der Waals surface area contributed by atoms with Crippen molar-refractivity contribution in [3.8, 4) is 5.69 Å². The van der Waals surface area contributed by atoms with Crippen LogP contribution in [0.2, 0.25) is 0 Å². The number of benzene rings is 3. The topological polar surface area (TPSA) is 122 Å². The molecule has 0 saturated carbocycles. The van der Waals surface area contributed by atoms with Gasteiger partial charge in [0, 0.05) is 37.0 Å². The highest BCUT2D eigenvalue weighted by Gasteiger charge is 2.40. The number of carboxylic acid groups (broad SMARTS) is 1. The lowest BCUT2D eigenvalue weighted by Crippen LogP contribution is -2.25. The molecule has 2 aromatic heterocycles. The highest BCUT2D eigenvalue weighted by atomic mass is 19.2. The number of aliphatic carboxylic acids is 1. The van der Waals surface area contributed by atoms with E-state index in [-0.39, 0.29) is 23.9 Å². The first-order valence-corrected chi connectivity index (χ1v) is 13.3. The van der Waals surface area contributed by atoms with Crippen molar-refractivity contribution in [1.82, 2.24) is 19.5 Å². The highest BCUT2D eigenvalue weighted by Crippen LogP contribution is 2.36. The van der Waals surface area contributed by atoms with Gasteiger partial charge in [0.05, 0.1) is 33.3 Å². The largest absolute Gasteiger partial charge is 0.481 e. The molecule has 214 valence electrons. The van der Waals surface area contributed by atoms with Crippen molar-refractivity contribution in [1.29, 1.82) is 0 Å². The Morgan fingerprint density at radius 2 is 1.79 bits per heavy atom. The van der Waals surface area contributed by atoms with Gasteiger partial charge < -0.3 is 14.9 Å². The van der Waals surface area contributed by atoms with Gasteiger partial charge in [0.25, 0.3) is 5.56 Å². The van der Waals surface area contributed by atoms with Gasteiger partial charge in [-0.2, -0.15) is 0 Å². The number of aromatic amines is 1. The molecule has 1 aliphatic rings. The van der Waals surface area contributed by atoms with Crippen molar-refractivity contribution < 1.29 is 27.9 Å². The molecule has 1 atom stereocenters. The minimum Gasteiger partial charge on any atom is -0.481 e. The van der Waals surface area contributed by atoms with E-state index < -0.39 is 29.0 Å². The lowest BCUT2D eigenvalue weighted by atomic mass is 9.95. The summed E-state index contributed by atoms with van der Waals surface area (Å²) in [7, 11) is 0. The normalized spacial score (nSPS) is 16.6. The molecule has 0 bridgehead atoms. The van der Waals surface area contributed by atoms with E-state index in [0.717, 1.165) is 12.1 Å². The van der Waals surface area contributed by atoms with Crippen LogP contribution in [0.25, 0.3) is 27.6 Å². The summed E-state index contributed by atoms with van der Waals surface area (Å²) in [6.45, 7) is 1.75. The van der Waals surface area contributed by atoms with E-state index in [0.29, 0.717) is 64.3 Å². The molecule has 0 radical (unpaired) electrons. The van der Waals surface area contributed by atoms with Crippen molar-refractivity contribution in [3.05, 3.63) is 99.6 Å². The first kappa shape index (κ1) is 27.2. The number of aromatic nitrogens is 4. The van der Waals surface area contributed by atoms with Gasteiger partial charge in [-0.1, -0.05) is 11.2 Å². The maximum Gasteiger partial charge on any atom is 0.303 e. The molecule has 2 N–H and O–H groups in total. The van der Waals surface area contributed by atoms with Gasteiger partial charge in [-0.3, -0.25) is 14.2 Å². The van der Waals surface area contributed by atoms with Crippen molar-refractivity contribution in [2.75, 3.05) is 0 Å². The zero-order chi connectivity index (χ0) is 29.6. The number of carboxylic acids is 1. The number of fused-ring (bicyclic) bond motifs is 2. The van der Waals surface area contributed by atoms with Crippen LogP contribution >= 0.6 is 0 Å². The Morgan fingerprint density at radius 1 is 1.02 bits per heavy atom. The van der Waals surface area contributed by atoms with E-state index >= 15 is 0 Å². The van der Waals surface area contributed by atoms with E-state index in [1.807, 2.05) is 0 Å². The second kappa shape index (κ2) is 10.4. The van der Waals surface area contributed by atoms with Crippen molar-refractivity contribution >= 4 is 33.6 Å². The number of nitrogens with one attached hydrogen (secondary N) is 1. The summed E-state index contributed by atoms with van der Waals surface area (Å²) in [5.41, 5.74) is 1.27. The van der Waals surface area contributed by atoms with Crippen LogP contribution in [0.4, 0.5) is 13.2 Å².